The molecule has 0 bridgehead atoms. The van der Waals surface area contributed by atoms with Crippen molar-refractivity contribution in [2.24, 2.45) is 16.2 Å². The summed E-state index contributed by atoms with van der Waals surface area (Å²) in [6.45, 7) is 20.8. The Morgan fingerprint density at radius 1 is 0.816 bits per heavy atom. The maximum absolute atomic E-state index is 6.67. The highest BCUT2D eigenvalue weighted by molar-refractivity contribution is 5.31. The van der Waals surface area contributed by atoms with Crippen molar-refractivity contribution in [3.8, 4) is 5.75 Å². The van der Waals surface area contributed by atoms with E-state index in [1.807, 2.05) is 26.0 Å². The van der Waals surface area contributed by atoms with Crippen LogP contribution in [0.1, 0.15) is 118 Å². The van der Waals surface area contributed by atoms with Crippen LogP contribution in [0.4, 0.5) is 0 Å². The molecule has 1 aliphatic carbocycles. The summed E-state index contributed by atoms with van der Waals surface area (Å²) in [5, 5.41) is 0. The summed E-state index contributed by atoms with van der Waals surface area (Å²) in [4.78, 5) is 0. The van der Waals surface area contributed by atoms with Gasteiger partial charge in [-0.1, -0.05) is 115 Å². The number of ether oxygens (including phenoxy) is 2. The van der Waals surface area contributed by atoms with Gasteiger partial charge in [0.05, 0.1) is 0 Å². The van der Waals surface area contributed by atoms with E-state index in [0.717, 1.165) is 25.0 Å². The molecule has 0 heterocycles. The van der Waals surface area contributed by atoms with Crippen LogP contribution in [0, 0.1) is 16.2 Å². The number of rotatable bonds is 9. The highest BCUT2D eigenvalue weighted by Crippen LogP contribution is 2.45. The van der Waals surface area contributed by atoms with Gasteiger partial charge in [0.1, 0.15) is 5.75 Å². The van der Waals surface area contributed by atoms with Gasteiger partial charge in [-0.15, -0.1) is 0 Å². The Kier molecular flexibility index (Phi) is 12.6. The Labute approximate surface area is 235 Å². The smallest absolute Gasteiger partial charge is 0.205 e. The van der Waals surface area contributed by atoms with Crippen LogP contribution in [-0.2, 0) is 11.2 Å². The lowest BCUT2D eigenvalue weighted by Gasteiger charge is -2.43. The first-order chi connectivity index (χ1) is 17.9. The van der Waals surface area contributed by atoms with Gasteiger partial charge in [0.25, 0.3) is 0 Å². The van der Waals surface area contributed by atoms with E-state index in [2.05, 4.69) is 103 Å². The van der Waals surface area contributed by atoms with Crippen molar-refractivity contribution in [2.75, 3.05) is 6.61 Å². The van der Waals surface area contributed by atoms with Crippen molar-refractivity contribution >= 4 is 0 Å². The van der Waals surface area contributed by atoms with Gasteiger partial charge in [0.15, 0.2) is 0 Å². The molecule has 2 atom stereocenters. The van der Waals surface area contributed by atoms with E-state index in [1.165, 1.54) is 36.8 Å². The van der Waals surface area contributed by atoms with E-state index >= 15 is 0 Å². The molecule has 0 amide bonds. The average Bonchev–Trinajstić information content (AvgIpc) is 2.88. The molecule has 212 valence electrons. The molecule has 1 aliphatic rings. The lowest BCUT2D eigenvalue weighted by atomic mass is 9.69. The van der Waals surface area contributed by atoms with E-state index in [1.54, 1.807) is 0 Å². The van der Waals surface area contributed by atoms with E-state index in [9.17, 15) is 0 Å². The van der Waals surface area contributed by atoms with E-state index in [-0.39, 0.29) is 22.5 Å². The summed E-state index contributed by atoms with van der Waals surface area (Å²) in [6, 6.07) is 19.8. The fourth-order valence-electron chi connectivity index (χ4n) is 5.68. The molecule has 0 spiro atoms. The van der Waals surface area contributed by atoms with E-state index < -0.39 is 0 Å². The van der Waals surface area contributed by atoms with E-state index in [4.69, 9.17) is 9.47 Å². The van der Waals surface area contributed by atoms with Crippen LogP contribution in [-0.4, -0.2) is 12.9 Å². The molecule has 2 nitrogen and oxygen atoms in total. The summed E-state index contributed by atoms with van der Waals surface area (Å²) < 4.78 is 13.0. The average molecular weight is 521 g/mol. The zero-order valence-corrected chi connectivity index (χ0v) is 26.0. The number of hydrogen-bond donors (Lipinski definition) is 0. The standard InChI is InChI=1S/C32H48O2.C4H8/c1-8-33-29(32(21-13-10-14-22-32)23-25-15-11-9-12-16-25)34-27-19-17-26(18-20-27)28(31(5,6)7)24-30(2,3)4;1-3-4-2/h9,11-12,15-20,28-29H,8,10,13-14,21-24H2,1-7H3;3-4H,1-2H3/b;4-3-. The van der Waals surface area contributed by atoms with Crippen LogP contribution in [0.3, 0.4) is 0 Å². The lowest BCUT2D eigenvalue weighted by molar-refractivity contribution is -0.166. The fourth-order valence-corrected chi connectivity index (χ4v) is 5.68. The molecular weight excluding hydrogens is 464 g/mol. The molecule has 2 heteroatoms. The number of hydrogen-bond acceptors (Lipinski definition) is 2. The second kappa shape index (κ2) is 14.9. The van der Waals surface area contributed by atoms with Crippen molar-refractivity contribution in [3.63, 3.8) is 0 Å². The fraction of sp³-hybridized carbons (Fsp3) is 0.611. The molecule has 0 N–H and O–H groups in total. The zero-order valence-electron chi connectivity index (χ0n) is 26.0. The predicted octanol–water partition coefficient (Wildman–Crippen LogP) is 10.8. The van der Waals surface area contributed by atoms with Crippen LogP contribution in [0.2, 0.25) is 0 Å². The number of benzene rings is 2. The third-order valence-corrected chi connectivity index (χ3v) is 7.79. The molecular formula is C36H56O2. The molecule has 2 unspecified atom stereocenters. The van der Waals surface area contributed by atoms with Gasteiger partial charge < -0.3 is 9.47 Å². The second-order valence-electron chi connectivity index (χ2n) is 13.4. The third kappa shape index (κ3) is 10.3. The van der Waals surface area contributed by atoms with Crippen molar-refractivity contribution < 1.29 is 9.47 Å². The molecule has 0 aromatic heterocycles. The second-order valence-corrected chi connectivity index (χ2v) is 13.4. The van der Waals surface area contributed by atoms with Crippen molar-refractivity contribution in [3.05, 3.63) is 77.9 Å². The molecule has 0 radical (unpaired) electrons. The molecule has 0 aliphatic heterocycles. The molecule has 38 heavy (non-hydrogen) atoms. The molecule has 2 aromatic carbocycles. The van der Waals surface area contributed by atoms with Crippen molar-refractivity contribution in [2.45, 2.75) is 119 Å². The highest BCUT2D eigenvalue weighted by Gasteiger charge is 2.42. The van der Waals surface area contributed by atoms with Gasteiger partial charge in [-0.05, 0) is 86.5 Å². The normalized spacial score (nSPS) is 17.4. The van der Waals surface area contributed by atoms with Crippen LogP contribution in [0.25, 0.3) is 0 Å². The zero-order chi connectivity index (χ0) is 28.2. The number of allylic oxidation sites excluding steroid dienone is 2. The summed E-state index contributed by atoms with van der Waals surface area (Å²) in [5.74, 6) is 1.43. The molecule has 0 saturated heterocycles. The van der Waals surface area contributed by atoms with Gasteiger partial charge in [0, 0.05) is 12.0 Å². The minimum absolute atomic E-state index is 0.0223. The first-order valence-electron chi connectivity index (χ1n) is 14.9. The maximum Gasteiger partial charge on any atom is 0.205 e. The van der Waals surface area contributed by atoms with Gasteiger partial charge in [-0.2, -0.15) is 0 Å². The maximum atomic E-state index is 6.67. The van der Waals surface area contributed by atoms with Gasteiger partial charge >= 0.3 is 0 Å². The molecule has 1 fully saturated rings. The first-order valence-corrected chi connectivity index (χ1v) is 14.9. The highest BCUT2D eigenvalue weighted by atomic mass is 16.7. The monoisotopic (exact) mass is 520 g/mol. The first kappa shape index (κ1) is 32.2. The summed E-state index contributed by atoms with van der Waals surface area (Å²) in [7, 11) is 0. The third-order valence-electron chi connectivity index (χ3n) is 7.79. The minimum atomic E-state index is -0.225. The minimum Gasteiger partial charge on any atom is -0.464 e. The summed E-state index contributed by atoms with van der Waals surface area (Å²) in [5.41, 5.74) is 3.31. The SMILES string of the molecule is C/C=C\C.CCOC(Oc1ccc(C(CC(C)(C)C)C(C)(C)C)cc1)C1(Cc2ccccc2)CCCCC1. The van der Waals surface area contributed by atoms with E-state index in [0.29, 0.717) is 12.5 Å². The topological polar surface area (TPSA) is 18.5 Å². The summed E-state index contributed by atoms with van der Waals surface area (Å²) >= 11 is 0. The Bertz CT molecular complexity index is 918. The van der Waals surface area contributed by atoms with Gasteiger partial charge in [0.2, 0.25) is 6.29 Å². The molecule has 2 aromatic rings. The van der Waals surface area contributed by atoms with Crippen LogP contribution in [0.5, 0.6) is 5.75 Å². The van der Waals surface area contributed by atoms with Crippen LogP contribution >= 0.6 is 0 Å². The quantitative estimate of drug-likeness (QED) is 0.242. The summed E-state index contributed by atoms with van der Waals surface area (Å²) in [6.07, 6.45) is 12.1. The van der Waals surface area contributed by atoms with Crippen LogP contribution < -0.4 is 4.74 Å². The Morgan fingerprint density at radius 3 is 1.87 bits per heavy atom. The predicted molar refractivity (Wildman–Crippen MR) is 165 cm³/mol. The van der Waals surface area contributed by atoms with Crippen molar-refractivity contribution in [1.82, 2.24) is 0 Å². The molecule has 1 saturated carbocycles. The molecule has 3 rings (SSSR count). The Hall–Kier alpha value is -2.06. The van der Waals surface area contributed by atoms with Crippen LogP contribution in [0.15, 0.2) is 66.7 Å². The largest absolute Gasteiger partial charge is 0.464 e. The van der Waals surface area contributed by atoms with Crippen molar-refractivity contribution in [1.29, 1.82) is 0 Å². The lowest BCUT2D eigenvalue weighted by Crippen LogP contribution is -2.44. The Morgan fingerprint density at radius 2 is 1.39 bits per heavy atom. The van der Waals surface area contributed by atoms with Gasteiger partial charge in [-0.3, -0.25) is 0 Å². The van der Waals surface area contributed by atoms with Gasteiger partial charge in [-0.25, -0.2) is 0 Å². The Balaban J connectivity index is 0.00000118.